The van der Waals surface area contributed by atoms with Crippen molar-refractivity contribution in [3.05, 3.63) is 35.9 Å². The Labute approximate surface area is 81.2 Å². The van der Waals surface area contributed by atoms with Gasteiger partial charge >= 0.3 is 5.97 Å². The van der Waals surface area contributed by atoms with Gasteiger partial charge in [-0.1, -0.05) is 6.58 Å². The molecule has 0 aliphatic rings. The lowest BCUT2D eigenvalue weighted by Gasteiger charge is -2.04. The molecule has 0 saturated carbocycles. The van der Waals surface area contributed by atoms with Gasteiger partial charge in [-0.05, 0) is 18.6 Å². The molecule has 3 nitrogen and oxygen atoms in total. The van der Waals surface area contributed by atoms with E-state index >= 15 is 0 Å². The summed E-state index contributed by atoms with van der Waals surface area (Å²) in [4.78, 5) is 14.7. The molecular formula is C10H10FNO2. The minimum atomic E-state index is -0.786. The average molecular weight is 195 g/mol. The molecule has 0 atom stereocenters. The maximum atomic E-state index is 13.5. The van der Waals surface area contributed by atoms with E-state index in [0.29, 0.717) is 5.57 Å². The lowest BCUT2D eigenvalue weighted by atomic mass is 10.1. The van der Waals surface area contributed by atoms with Gasteiger partial charge in [-0.3, -0.25) is 0 Å². The van der Waals surface area contributed by atoms with Crippen LogP contribution in [0.4, 0.5) is 4.39 Å². The summed E-state index contributed by atoms with van der Waals surface area (Å²) in [5.74, 6) is -1.47. The molecule has 1 aromatic heterocycles. The molecule has 0 aliphatic carbocycles. The molecule has 1 aromatic rings. The molecule has 0 bridgehead atoms. The number of pyridine rings is 1. The molecule has 0 unspecified atom stereocenters. The topological polar surface area (TPSA) is 39.2 Å². The maximum Gasteiger partial charge on any atom is 0.359 e. The highest BCUT2D eigenvalue weighted by atomic mass is 19.1. The summed E-state index contributed by atoms with van der Waals surface area (Å²) >= 11 is 0. The van der Waals surface area contributed by atoms with Gasteiger partial charge in [0.1, 0.15) is 0 Å². The second kappa shape index (κ2) is 4.00. The van der Waals surface area contributed by atoms with E-state index < -0.39 is 11.8 Å². The van der Waals surface area contributed by atoms with E-state index in [9.17, 15) is 9.18 Å². The Bertz CT molecular complexity index is 388. The van der Waals surface area contributed by atoms with Crippen LogP contribution in [0.15, 0.2) is 18.8 Å². The number of rotatable bonds is 2. The third-order valence-electron chi connectivity index (χ3n) is 1.73. The van der Waals surface area contributed by atoms with Crippen LogP contribution in [0.25, 0.3) is 5.57 Å². The van der Waals surface area contributed by atoms with Crippen LogP contribution in [-0.2, 0) is 4.74 Å². The summed E-state index contributed by atoms with van der Waals surface area (Å²) in [5, 5.41) is 0. The Morgan fingerprint density at radius 2 is 2.29 bits per heavy atom. The van der Waals surface area contributed by atoms with Crippen molar-refractivity contribution < 1.29 is 13.9 Å². The van der Waals surface area contributed by atoms with Crippen molar-refractivity contribution in [2.75, 3.05) is 7.11 Å². The largest absolute Gasteiger partial charge is 0.464 e. The van der Waals surface area contributed by atoms with Crippen molar-refractivity contribution in [1.82, 2.24) is 4.98 Å². The average Bonchev–Trinajstić information content (AvgIpc) is 2.16. The van der Waals surface area contributed by atoms with Crippen LogP contribution in [0.5, 0.6) is 0 Å². The summed E-state index contributed by atoms with van der Waals surface area (Å²) in [5.41, 5.74) is 0.503. The summed E-state index contributed by atoms with van der Waals surface area (Å²) in [6.45, 7) is 5.24. The number of hydrogen-bond acceptors (Lipinski definition) is 3. The van der Waals surface area contributed by atoms with Crippen LogP contribution in [0.1, 0.15) is 23.0 Å². The molecule has 0 fully saturated rings. The van der Waals surface area contributed by atoms with E-state index in [0.717, 1.165) is 0 Å². The summed E-state index contributed by atoms with van der Waals surface area (Å²) in [6, 6.07) is 1.46. The highest BCUT2D eigenvalue weighted by Gasteiger charge is 2.16. The minimum absolute atomic E-state index is 0.278. The van der Waals surface area contributed by atoms with Crippen molar-refractivity contribution in [3.63, 3.8) is 0 Å². The molecule has 74 valence electrons. The Morgan fingerprint density at radius 3 is 2.79 bits per heavy atom. The number of hydrogen-bond donors (Lipinski definition) is 0. The zero-order valence-corrected chi connectivity index (χ0v) is 8.00. The first-order valence-electron chi connectivity index (χ1n) is 3.96. The molecular weight excluding hydrogens is 185 g/mol. The molecule has 0 spiro atoms. The van der Waals surface area contributed by atoms with Crippen LogP contribution in [-0.4, -0.2) is 18.1 Å². The summed E-state index contributed by atoms with van der Waals surface area (Å²) in [7, 11) is 1.18. The van der Waals surface area contributed by atoms with Crippen molar-refractivity contribution >= 4 is 11.5 Å². The Morgan fingerprint density at radius 1 is 1.64 bits per heavy atom. The van der Waals surface area contributed by atoms with Crippen molar-refractivity contribution in [3.8, 4) is 0 Å². The number of carbonyl (C=O) groups excluding carboxylic acids is 1. The first kappa shape index (κ1) is 10.4. The fourth-order valence-electron chi connectivity index (χ4n) is 1.01. The predicted octanol–water partition coefficient (Wildman–Crippen LogP) is 2.04. The molecule has 4 heteroatoms. The van der Waals surface area contributed by atoms with Gasteiger partial charge < -0.3 is 4.74 Å². The van der Waals surface area contributed by atoms with E-state index in [2.05, 4.69) is 16.3 Å². The van der Waals surface area contributed by atoms with E-state index in [1.165, 1.54) is 19.4 Å². The van der Waals surface area contributed by atoms with Gasteiger partial charge in [-0.25, -0.2) is 14.2 Å². The molecule has 0 radical (unpaired) electrons. The number of aromatic nitrogens is 1. The second-order valence-corrected chi connectivity index (χ2v) is 2.79. The standard InChI is InChI=1S/C10H10FNO2/c1-6(2)7-4-5-12-9(8(7)11)10(13)14-3/h4-5H,1H2,2-3H3. The molecule has 0 aliphatic heterocycles. The Hall–Kier alpha value is -1.71. The zero-order chi connectivity index (χ0) is 10.7. The van der Waals surface area contributed by atoms with Crippen molar-refractivity contribution in [1.29, 1.82) is 0 Å². The first-order valence-corrected chi connectivity index (χ1v) is 3.96. The van der Waals surface area contributed by atoms with Crippen LogP contribution in [0.2, 0.25) is 0 Å². The monoisotopic (exact) mass is 195 g/mol. The van der Waals surface area contributed by atoms with Crippen LogP contribution >= 0.6 is 0 Å². The normalized spacial score (nSPS) is 9.64. The van der Waals surface area contributed by atoms with Gasteiger partial charge in [0.05, 0.1) is 7.11 Å². The lowest BCUT2D eigenvalue weighted by molar-refractivity contribution is 0.0588. The van der Waals surface area contributed by atoms with E-state index in [-0.39, 0.29) is 11.3 Å². The van der Waals surface area contributed by atoms with E-state index in [1.807, 2.05) is 0 Å². The number of nitrogens with zero attached hydrogens (tertiary/aromatic N) is 1. The van der Waals surface area contributed by atoms with Crippen molar-refractivity contribution in [2.24, 2.45) is 0 Å². The molecule has 1 heterocycles. The van der Waals surface area contributed by atoms with Gasteiger partial charge in [0, 0.05) is 11.8 Å². The van der Waals surface area contributed by atoms with E-state index in [1.54, 1.807) is 6.92 Å². The number of carbonyl (C=O) groups is 1. The number of methoxy groups -OCH3 is 1. The highest BCUT2D eigenvalue weighted by molar-refractivity contribution is 5.88. The minimum Gasteiger partial charge on any atom is -0.464 e. The summed E-state index contributed by atoms with van der Waals surface area (Å²) < 4.78 is 17.9. The van der Waals surface area contributed by atoms with E-state index in [4.69, 9.17) is 0 Å². The zero-order valence-electron chi connectivity index (χ0n) is 8.00. The second-order valence-electron chi connectivity index (χ2n) is 2.79. The van der Waals surface area contributed by atoms with Gasteiger partial charge in [0.2, 0.25) is 0 Å². The smallest absolute Gasteiger partial charge is 0.359 e. The van der Waals surface area contributed by atoms with Crippen LogP contribution < -0.4 is 0 Å². The first-order chi connectivity index (χ1) is 6.57. The molecule has 14 heavy (non-hydrogen) atoms. The Kier molecular flexibility index (Phi) is 2.96. The van der Waals surface area contributed by atoms with Gasteiger partial charge in [0.15, 0.2) is 11.5 Å². The lowest BCUT2D eigenvalue weighted by Crippen LogP contribution is -2.08. The van der Waals surface area contributed by atoms with Crippen LogP contribution in [0.3, 0.4) is 0 Å². The van der Waals surface area contributed by atoms with Crippen LogP contribution in [0, 0.1) is 5.82 Å². The molecule has 0 saturated heterocycles. The fourth-order valence-corrected chi connectivity index (χ4v) is 1.01. The quantitative estimate of drug-likeness (QED) is 0.678. The summed E-state index contributed by atoms with van der Waals surface area (Å²) in [6.07, 6.45) is 1.35. The maximum absolute atomic E-state index is 13.5. The molecule has 0 N–H and O–H groups in total. The molecule has 0 aromatic carbocycles. The number of allylic oxidation sites excluding steroid dienone is 1. The highest BCUT2D eigenvalue weighted by Crippen LogP contribution is 2.17. The number of ether oxygens (including phenoxy) is 1. The SMILES string of the molecule is C=C(C)c1ccnc(C(=O)OC)c1F. The van der Waals surface area contributed by atoms with Gasteiger partial charge in [0.25, 0.3) is 0 Å². The third kappa shape index (κ3) is 1.79. The molecule has 1 rings (SSSR count). The number of esters is 1. The third-order valence-corrected chi connectivity index (χ3v) is 1.73. The molecule has 0 amide bonds. The van der Waals surface area contributed by atoms with Crippen molar-refractivity contribution in [2.45, 2.75) is 6.92 Å². The Balaban J connectivity index is 3.27. The fraction of sp³-hybridized carbons (Fsp3) is 0.200. The van der Waals surface area contributed by atoms with Gasteiger partial charge in [-0.2, -0.15) is 0 Å². The number of halogens is 1. The van der Waals surface area contributed by atoms with Gasteiger partial charge in [-0.15, -0.1) is 0 Å². The predicted molar refractivity (Wildman–Crippen MR) is 50.2 cm³/mol.